The zero-order valence-corrected chi connectivity index (χ0v) is 7.15. The van der Waals surface area contributed by atoms with Gasteiger partial charge in [-0.2, -0.15) is 0 Å². The molecule has 0 atom stereocenters. The summed E-state index contributed by atoms with van der Waals surface area (Å²) < 4.78 is 1.02. The Hall–Kier alpha value is 0.270. The topological polar surface area (TPSA) is 26.0 Å². The van der Waals surface area contributed by atoms with Crippen molar-refractivity contribution in [3.63, 3.8) is 0 Å². The molecular weight excluding hydrogens is 209 g/mol. The van der Waals surface area contributed by atoms with Crippen LogP contribution in [0.25, 0.3) is 0 Å². The van der Waals surface area contributed by atoms with Crippen LogP contribution in [0.2, 0.25) is 0 Å². The summed E-state index contributed by atoms with van der Waals surface area (Å²) in [5.74, 6) is 0. The first-order valence-corrected chi connectivity index (χ1v) is 3.46. The van der Waals surface area contributed by atoms with E-state index < -0.39 is 0 Å². The third kappa shape index (κ3) is 1.65. The van der Waals surface area contributed by atoms with Crippen molar-refractivity contribution in [2.75, 3.05) is 5.73 Å². The molecule has 0 amide bonds. The quantitative estimate of drug-likeness (QED) is 0.706. The van der Waals surface area contributed by atoms with Gasteiger partial charge in [-0.25, -0.2) is 0 Å². The average molecular weight is 215 g/mol. The fraction of sp³-hybridized carbons (Fsp3) is 0. The van der Waals surface area contributed by atoms with Crippen LogP contribution in [0.5, 0.6) is 0 Å². The maximum absolute atomic E-state index is 5.40. The first-order valence-electron chi connectivity index (χ1n) is 1.79. The number of anilines is 1. The van der Waals surface area contributed by atoms with Crippen LogP contribution in [0.15, 0.2) is 15.2 Å². The molecule has 0 unspecified atom stereocenters. The largest absolute Gasteiger partial charge is 0.397 e. The van der Waals surface area contributed by atoms with Gasteiger partial charge in [0.2, 0.25) is 0 Å². The Morgan fingerprint density at radius 2 is 2.25 bits per heavy atom. The highest BCUT2D eigenvalue weighted by molar-refractivity contribution is 9.11. The molecule has 1 rings (SSSR count). The van der Waals surface area contributed by atoms with Gasteiger partial charge in [-0.3, -0.25) is 0 Å². The highest BCUT2D eigenvalue weighted by atomic mass is 79.9. The fourth-order valence-corrected chi connectivity index (χ4v) is 1.29. The lowest BCUT2D eigenvalue weighted by atomic mass is 10.6. The van der Waals surface area contributed by atoms with E-state index >= 15 is 0 Å². The van der Waals surface area contributed by atoms with Gasteiger partial charge in [0.05, 0.1) is 9.47 Å². The molecule has 0 saturated heterocycles. The molecule has 0 saturated carbocycles. The molecule has 0 aliphatic rings. The highest BCUT2D eigenvalue weighted by Crippen LogP contribution is 2.24. The fourth-order valence-electron chi connectivity index (χ4n) is 0.301. The highest BCUT2D eigenvalue weighted by Gasteiger charge is 1.90. The summed E-state index contributed by atoms with van der Waals surface area (Å²) in [6.07, 6.45) is 0. The Morgan fingerprint density at radius 3 is 2.38 bits per heavy atom. The van der Waals surface area contributed by atoms with E-state index in [1.165, 1.54) is 0 Å². The van der Waals surface area contributed by atoms with E-state index in [1.54, 1.807) is 11.3 Å². The molecule has 8 heavy (non-hydrogen) atoms. The van der Waals surface area contributed by atoms with E-state index in [9.17, 15) is 0 Å². The van der Waals surface area contributed by atoms with Crippen LogP contribution in [0.1, 0.15) is 0 Å². The van der Waals surface area contributed by atoms with Crippen LogP contribution >= 0.6 is 39.7 Å². The molecule has 4 heteroatoms. The lowest BCUT2D eigenvalue weighted by molar-refractivity contribution is 1.85. The van der Waals surface area contributed by atoms with E-state index in [0.717, 1.165) is 9.47 Å². The Kier molecular flexibility index (Phi) is 3.44. The number of hydrogen-bond acceptors (Lipinski definition) is 2. The summed E-state index contributed by atoms with van der Waals surface area (Å²) in [6, 6.07) is 1.87. The number of halogens is 2. The van der Waals surface area contributed by atoms with Gasteiger partial charge >= 0.3 is 0 Å². The Morgan fingerprint density at radius 1 is 1.62 bits per heavy atom. The van der Waals surface area contributed by atoms with Crippen LogP contribution < -0.4 is 5.73 Å². The maximum Gasteiger partial charge on any atom is 0.0927 e. The van der Waals surface area contributed by atoms with E-state index in [4.69, 9.17) is 5.73 Å². The van der Waals surface area contributed by atoms with Crippen LogP contribution in [0.4, 0.5) is 5.69 Å². The summed E-state index contributed by atoms with van der Waals surface area (Å²) >= 11 is 4.85. The molecule has 0 aliphatic carbocycles. The zero-order chi connectivity index (χ0) is 5.28. The van der Waals surface area contributed by atoms with Gasteiger partial charge in [-0.1, -0.05) is 0 Å². The van der Waals surface area contributed by atoms with Crippen molar-refractivity contribution in [3.8, 4) is 0 Å². The second-order valence-corrected chi connectivity index (χ2v) is 3.38. The van der Waals surface area contributed by atoms with Gasteiger partial charge in [-0.15, -0.1) is 23.7 Å². The normalized spacial score (nSPS) is 8.12. The zero-order valence-electron chi connectivity index (χ0n) is 3.93. The van der Waals surface area contributed by atoms with Crippen LogP contribution in [0, 0.1) is 0 Å². The van der Waals surface area contributed by atoms with Crippen molar-refractivity contribution in [1.29, 1.82) is 0 Å². The molecule has 1 heterocycles. The van der Waals surface area contributed by atoms with Crippen LogP contribution in [-0.4, -0.2) is 0 Å². The van der Waals surface area contributed by atoms with E-state index in [0.29, 0.717) is 0 Å². The second kappa shape index (κ2) is 3.33. The standard InChI is InChI=1S/C4H4BrNS.ClH/c5-4-3(6)1-2-7-4;/h1-2H,6H2;1H. The third-order valence-corrected chi connectivity index (χ3v) is 2.38. The predicted molar refractivity (Wildman–Crippen MR) is 43.7 cm³/mol. The minimum atomic E-state index is 0. The van der Waals surface area contributed by atoms with Crippen molar-refractivity contribution in [2.45, 2.75) is 0 Å². The summed E-state index contributed by atoms with van der Waals surface area (Å²) in [5.41, 5.74) is 6.23. The molecule has 2 N–H and O–H groups in total. The Bertz CT molecular complexity index is 148. The van der Waals surface area contributed by atoms with Crippen LogP contribution in [0.3, 0.4) is 0 Å². The third-order valence-electron chi connectivity index (χ3n) is 0.646. The summed E-state index contributed by atoms with van der Waals surface area (Å²) in [4.78, 5) is 0. The van der Waals surface area contributed by atoms with E-state index in [-0.39, 0.29) is 12.4 Å². The summed E-state index contributed by atoms with van der Waals surface area (Å²) in [7, 11) is 0. The molecule has 1 nitrogen and oxygen atoms in total. The molecule has 0 spiro atoms. The number of nitrogen functional groups attached to an aromatic ring is 1. The van der Waals surface area contributed by atoms with Crippen LogP contribution in [-0.2, 0) is 0 Å². The molecule has 0 bridgehead atoms. The molecule has 0 fully saturated rings. The number of nitrogens with two attached hydrogens (primary N) is 1. The molecule has 0 radical (unpaired) electrons. The van der Waals surface area contributed by atoms with Crippen molar-refractivity contribution in [1.82, 2.24) is 0 Å². The SMILES string of the molecule is Cl.Nc1ccsc1Br. The summed E-state index contributed by atoms with van der Waals surface area (Å²) in [5, 5.41) is 1.94. The van der Waals surface area contributed by atoms with Gasteiger partial charge in [0, 0.05) is 0 Å². The number of hydrogen-bond donors (Lipinski definition) is 1. The van der Waals surface area contributed by atoms with Crippen molar-refractivity contribution >= 4 is 45.4 Å². The summed E-state index contributed by atoms with van der Waals surface area (Å²) in [6.45, 7) is 0. The van der Waals surface area contributed by atoms with Gasteiger partial charge < -0.3 is 5.73 Å². The van der Waals surface area contributed by atoms with Crippen molar-refractivity contribution < 1.29 is 0 Å². The molecule has 1 aromatic heterocycles. The molecule has 1 aromatic rings. The van der Waals surface area contributed by atoms with E-state index in [1.807, 2.05) is 11.4 Å². The predicted octanol–water partition coefficient (Wildman–Crippen LogP) is 2.51. The molecule has 46 valence electrons. The van der Waals surface area contributed by atoms with Crippen molar-refractivity contribution in [3.05, 3.63) is 15.2 Å². The minimum Gasteiger partial charge on any atom is -0.397 e. The first-order chi connectivity index (χ1) is 3.30. The lowest BCUT2D eigenvalue weighted by Gasteiger charge is -1.78. The Balaban J connectivity index is 0.000000490. The average Bonchev–Trinajstić information content (AvgIpc) is 1.91. The molecule has 0 aliphatic heterocycles. The number of rotatable bonds is 0. The molecular formula is C4H5BrClNS. The monoisotopic (exact) mass is 213 g/mol. The van der Waals surface area contributed by atoms with Gasteiger partial charge in [0.15, 0.2) is 0 Å². The van der Waals surface area contributed by atoms with Gasteiger partial charge in [0.1, 0.15) is 0 Å². The number of thiophene rings is 1. The maximum atomic E-state index is 5.40. The van der Waals surface area contributed by atoms with Gasteiger partial charge in [-0.05, 0) is 27.4 Å². The van der Waals surface area contributed by atoms with Crippen molar-refractivity contribution in [2.24, 2.45) is 0 Å². The lowest BCUT2D eigenvalue weighted by Crippen LogP contribution is -1.77. The first kappa shape index (κ1) is 8.27. The smallest absolute Gasteiger partial charge is 0.0927 e. The Labute approximate surface area is 66.4 Å². The molecule has 0 aromatic carbocycles. The van der Waals surface area contributed by atoms with E-state index in [2.05, 4.69) is 15.9 Å². The van der Waals surface area contributed by atoms with Gasteiger partial charge in [0.25, 0.3) is 0 Å². The minimum absolute atomic E-state index is 0. The second-order valence-electron chi connectivity index (χ2n) is 1.15.